The molecule has 1 aromatic carbocycles. The number of hydrogen-bond donors (Lipinski definition) is 1. The number of rotatable bonds is 6. The van der Waals surface area contributed by atoms with E-state index in [2.05, 4.69) is 21.1 Å². The summed E-state index contributed by atoms with van der Waals surface area (Å²) in [5, 5.41) is 3.26. The standard InChI is InChI=1S/C16H18N2O3/c1-20-14-5-3-4-12(10-14)6-8-17-13-7-9-18-15(11-13)16(19)21-2/h3-5,7,9-11H,6,8H2,1-2H3,(H,17,18). The smallest absolute Gasteiger partial charge is 0.356 e. The summed E-state index contributed by atoms with van der Waals surface area (Å²) in [7, 11) is 3.00. The molecule has 0 aliphatic rings. The van der Waals surface area contributed by atoms with Crippen LogP contribution < -0.4 is 10.1 Å². The van der Waals surface area contributed by atoms with Crippen molar-refractivity contribution in [3.8, 4) is 5.75 Å². The number of methoxy groups -OCH3 is 2. The van der Waals surface area contributed by atoms with Crippen molar-refractivity contribution in [2.24, 2.45) is 0 Å². The fraction of sp³-hybridized carbons (Fsp3) is 0.250. The molecule has 0 unspecified atom stereocenters. The Kier molecular flexibility index (Phi) is 5.15. The Morgan fingerprint density at radius 3 is 2.86 bits per heavy atom. The first kappa shape index (κ1) is 14.8. The zero-order valence-corrected chi connectivity index (χ0v) is 12.1. The molecule has 0 saturated carbocycles. The highest BCUT2D eigenvalue weighted by Gasteiger charge is 2.07. The molecule has 0 aliphatic heterocycles. The van der Waals surface area contributed by atoms with Gasteiger partial charge in [0.25, 0.3) is 0 Å². The highest BCUT2D eigenvalue weighted by molar-refractivity contribution is 5.88. The van der Waals surface area contributed by atoms with Crippen LogP contribution in [0.1, 0.15) is 16.1 Å². The van der Waals surface area contributed by atoms with Gasteiger partial charge >= 0.3 is 5.97 Å². The number of esters is 1. The molecule has 0 saturated heterocycles. The number of carbonyl (C=O) groups is 1. The number of hydrogen-bond acceptors (Lipinski definition) is 5. The van der Waals surface area contributed by atoms with Gasteiger partial charge in [-0.05, 0) is 36.2 Å². The number of pyridine rings is 1. The predicted molar refractivity (Wildman–Crippen MR) is 80.8 cm³/mol. The number of benzene rings is 1. The Balaban J connectivity index is 1.92. The molecule has 5 nitrogen and oxygen atoms in total. The highest BCUT2D eigenvalue weighted by atomic mass is 16.5. The van der Waals surface area contributed by atoms with Gasteiger partial charge in [0.15, 0.2) is 0 Å². The molecular formula is C16H18N2O3. The number of nitrogens with zero attached hydrogens (tertiary/aromatic N) is 1. The van der Waals surface area contributed by atoms with Crippen LogP contribution >= 0.6 is 0 Å². The molecule has 5 heteroatoms. The Morgan fingerprint density at radius 2 is 2.10 bits per heavy atom. The number of ether oxygens (including phenoxy) is 2. The largest absolute Gasteiger partial charge is 0.497 e. The van der Waals surface area contributed by atoms with Crippen molar-refractivity contribution < 1.29 is 14.3 Å². The molecule has 0 aliphatic carbocycles. The molecule has 0 spiro atoms. The quantitative estimate of drug-likeness (QED) is 0.827. The molecule has 1 N–H and O–H groups in total. The average molecular weight is 286 g/mol. The lowest BCUT2D eigenvalue weighted by atomic mass is 10.1. The Bertz CT molecular complexity index is 614. The van der Waals surface area contributed by atoms with Crippen LogP contribution in [0.4, 0.5) is 5.69 Å². The zero-order valence-electron chi connectivity index (χ0n) is 12.1. The minimum Gasteiger partial charge on any atom is -0.497 e. The summed E-state index contributed by atoms with van der Waals surface area (Å²) >= 11 is 0. The molecule has 0 amide bonds. The Labute approximate surface area is 123 Å². The number of anilines is 1. The van der Waals surface area contributed by atoms with Gasteiger partial charge in [0, 0.05) is 18.4 Å². The summed E-state index contributed by atoms with van der Waals surface area (Å²) in [5.41, 5.74) is 2.32. The Hall–Kier alpha value is -2.56. The maximum atomic E-state index is 11.4. The lowest BCUT2D eigenvalue weighted by Crippen LogP contribution is -2.08. The molecular weight excluding hydrogens is 268 g/mol. The zero-order chi connectivity index (χ0) is 15.1. The van der Waals surface area contributed by atoms with Crippen LogP contribution in [-0.4, -0.2) is 31.7 Å². The van der Waals surface area contributed by atoms with E-state index in [1.54, 1.807) is 19.4 Å². The van der Waals surface area contributed by atoms with Gasteiger partial charge in [-0.25, -0.2) is 9.78 Å². The van der Waals surface area contributed by atoms with E-state index in [0.717, 1.165) is 24.4 Å². The van der Waals surface area contributed by atoms with Crippen LogP contribution in [0.25, 0.3) is 0 Å². The monoisotopic (exact) mass is 286 g/mol. The minimum absolute atomic E-state index is 0.295. The third-order valence-electron chi connectivity index (χ3n) is 3.03. The van der Waals surface area contributed by atoms with Crippen LogP contribution in [0.15, 0.2) is 42.6 Å². The molecule has 2 aromatic rings. The SMILES string of the molecule is COC(=O)c1cc(NCCc2cccc(OC)c2)ccn1. The van der Waals surface area contributed by atoms with Gasteiger partial charge in [0.2, 0.25) is 0 Å². The fourth-order valence-electron chi connectivity index (χ4n) is 1.94. The van der Waals surface area contributed by atoms with Crippen LogP contribution in [0.5, 0.6) is 5.75 Å². The maximum Gasteiger partial charge on any atom is 0.356 e. The number of nitrogens with one attached hydrogen (secondary N) is 1. The van der Waals surface area contributed by atoms with Crippen molar-refractivity contribution in [1.82, 2.24) is 4.98 Å². The third kappa shape index (κ3) is 4.21. The molecule has 0 atom stereocenters. The second-order valence-corrected chi connectivity index (χ2v) is 4.45. The van der Waals surface area contributed by atoms with Crippen molar-refractivity contribution in [2.45, 2.75) is 6.42 Å². The second-order valence-electron chi connectivity index (χ2n) is 4.45. The lowest BCUT2D eigenvalue weighted by molar-refractivity contribution is 0.0594. The van der Waals surface area contributed by atoms with Crippen LogP contribution in [-0.2, 0) is 11.2 Å². The average Bonchev–Trinajstić information content (AvgIpc) is 2.54. The van der Waals surface area contributed by atoms with Crippen LogP contribution in [0, 0.1) is 0 Å². The van der Waals surface area contributed by atoms with Gasteiger partial charge in [-0.1, -0.05) is 12.1 Å². The van der Waals surface area contributed by atoms with Crippen molar-refractivity contribution in [1.29, 1.82) is 0 Å². The maximum absolute atomic E-state index is 11.4. The summed E-state index contributed by atoms with van der Waals surface area (Å²) in [6.45, 7) is 0.748. The normalized spacial score (nSPS) is 10.0. The van der Waals surface area contributed by atoms with E-state index >= 15 is 0 Å². The van der Waals surface area contributed by atoms with E-state index in [0.29, 0.717) is 5.69 Å². The lowest BCUT2D eigenvalue weighted by Gasteiger charge is -2.08. The van der Waals surface area contributed by atoms with Gasteiger partial charge in [0.1, 0.15) is 11.4 Å². The van der Waals surface area contributed by atoms with E-state index < -0.39 is 5.97 Å². The predicted octanol–water partition coefficient (Wildman–Crippen LogP) is 2.53. The summed E-state index contributed by atoms with van der Waals surface area (Å²) in [6.07, 6.45) is 2.44. The van der Waals surface area contributed by atoms with Crippen LogP contribution in [0.2, 0.25) is 0 Å². The molecule has 110 valence electrons. The van der Waals surface area contributed by atoms with Crippen molar-refractivity contribution in [2.75, 3.05) is 26.1 Å². The molecule has 2 rings (SSSR count). The van der Waals surface area contributed by atoms with E-state index in [9.17, 15) is 4.79 Å². The van der Waals surface area contributed by atoms with Gasteiger partial charge in [-0.2, -0.15) is 0 Å². The minimum atomic E-state index is -0.438. The summed E-state index contributed by atoms with van der Waals surface area (Å²) in [4.78, 5) is 15.4. The first-order chi connectivity index (χ1) is 10.2. The molecule has 1 aromatic heterocycles. The van der Waals surface area contributed by atoms with Crippen molar-refractivity contribution in [3.05, 3.63) is 53.9 Å². The van der Waals surface area contributed by atoms with Crippen molar-refractivity contribution in [3.63, 3.8) is 0 Å². The van der Waals surface area contributed by atoms with Crippen molar-refractivity contribution >= 4 is 11.7 Å². The van der Waals surface area contributed by atoms with Gasteiger partial charge in [0.05, 0.1) is 14.2 Å². The molecule has 0 fully saturated rings. The van der Waals surface area contributed by atoms with E-state index in [-0.39, 0.29) is 0 Å². The van der Waals surface area contributed by atoms with Gasteiger partial charge in [-0.15, -0.1) is 0 Å². The van der Waals surface area contributed by atoms with E-state index in [1.807, 2.05) is 24.3 Å². The third-order valence-corrected chi connectivity index (χ3v) is 3.03. The summed E-state index contributed by atoms with van der Waals surface area (Å²) in [6, 6.07) is 11.4. The second kappa shape index (κ2) is 7.28. The molecule has 1 heterocycles. The first-order valence-electron chi connectivity index (χ1n) is 6.64. The van der Waals surface area contributed by atoms with Gasteiger partial charge < -0.3 is 14.8 Å². The summed E-state index contributed by atoms with van der Waals surface area (Å²) in [5.74, 6) is 0.413. The van der Waals surface area contributed by atoms with E-state index in [4.69, 9.17) is 4.74 Å². The van der Waals surface area contributed by atoms with Gasteiger partial charge in [-0.3, -0.25) is 0 Å². The fourth-order valence-corrected chi connectivity index (χ4v) is 1.94. The first-order valence-corrected chi connectivity index (χ1v) is 6.64. The topological polar surface area (TPSA) is 60.5 Å². The molecule has 0 bridgehead atoms. The highest BCUT2D eigenvalue weighted by Crippen LogP contribution is 2.14. The number of carbonyl (C=O) groups excluding carboxylic acids is 1. The summed E-state index contributed by atoms with van der Waals surface area (Å²) < 4.78 is 9.84. The molecule has 21 heavy (non-hydrogen) atoms. The number of aromatic nitrogens is 1. The van der Waals surface area contributed by atoms with Crippen LogP contribution in [0.3, 0.4) is 0 Å². The molecule has 0 radical (unpaired) electrons. The van der Waals surface area contributed by atoms with E-state index in [1.165, 1.54) is 12.7 Å². The Morgan fingerprint density at radius 1 is 1.24 bits per heavy atom.